The third kappa shape index (κ3) is 4.26. The number of hydrogen-bond acceptors (Lipinski definition) is 3. The lowest BCUT2D eigenvalue weighted by Crippen LogP contribution is -2.32. The van der Waals surface area contributed by atoms with E-state index in [2.05, 4.69) is 16.7 Å². The molecule has 0 aliphatic carbocycles. The van der Waals surface area contributed by atoms with Crippen molar-refractivity contribution in [1.29, 1.82) is 0 Å². The van der Waals surface area contributed by atoms with Gasteiger partial charge in [-0.25, -0.2) is 17.5 Å². The molecule has 1 fully saturated rings. The van der Waals surface area contributed by atoms with E-state index in [0.717, 1.165) is 44.5 Å². The SMILES string of the molecule is CN1CCC(CCNS(=O)(=O)c2ccc(F)cc2)CC1. The highest BCUT2D eigenvalue weighted by molar-refractivity contribution is 7.89. The van der Waals surface area contributed by atoms with Crippen LogP contribution in [0, 0.1) is 11.7 Å². The van der Waals surface area contributed by atoms with Crippen molar-refractivity contribution in [3.8, 4) is 0 Å². The van der Waals surface area contributed by atoms with Crippen LogP contribution in [0.15, 0.2) is 29.2 Å². The van der Waals surface area contributed by atoms with Gasteiger partial charge in [-0.3, -0.25) is 0 Å². The highest BCUT2D eigenvalue weighted by Crippen LogP contribution is 2.19. The van der Waals surface area contributed by atoms with Crippen LogP contribution in [0.25, 0.3) is 0 Å². The molecule has 6 heteroatoms. The van der Waals surface area contributed by atoms with E-state index in [0.29, 0.717) is 12.5 Å². The molecule has 1 aromatic carbocycles. The van der Waals surface area contributed by atoms with Crippen LogP contribution in [0.2, 0.25) is 0 Å². The van der Waals surface area contributed by atoms with Crippen molar-refractivity contribution in [3.63, 3.8) is 0 Å². The van der Waals surface area contributed by atoms with E-state index < -0.39 is 15.8 Å². The zero-order valence-electron chi connectivity index (χ0n) is 11.7. The molecule has 1 aromatic rings. The second kappa shape index (κ2) is 6.65. The molecule has 1 N–H and O–H groups in total. The quantitative estimate of drug-likeness (QED) is 0.902. The highest BCUT2D eigenvalue weighted by atomic mass is 32.2. The Morgan fingerprint density at radius 2 is 1.85 bits per heavy atom. The molecule has 0 amide bonds. The van der Waals surface area contributed by atoms with Gasteiger partial charge in [0, 0.05) is 6.54 Å². The van der Waals surface area contributed by atoms with Crippen LogP contribution in [-0.2, 0) is 10.0 Å². The maximum atomic E-state index is 12.8. The lowest BCUT2D eigenvalue weighted by atomic mass is 9.94. The molecule has 0 unspecified atom stereocenters. The van der Waals surface area contributed by atoms with E-state index in [1.54, 1.807) is 0 Å². The van der Waals surface area contributed by atoms with Crippen LogP contribution in [0.5, 0.6) is 0 Å². The van der Waals surface area contributed by atoms with Gasteiger partial charge in [-0.1, -0.05) is 0 Å². The fraction of sp³-hybridized carbons (Fsp3) is 0.571. The molecule has 0 bridgehead atoms. The van der Waals surface area contributed by atoms with Crippen molar-refractivity contribution in [2.75, 3.05) is 26.7 Å². The number of hydrogen-bond donors (Lipinski definition) is 1. The third-order valence-corrected chi connectivity index (χ3v) is 5.28. The minimum Gasteiger partial charge on any atom is -0.306 e. The summed E-state index contributed by atoms with van der Waals surface area (Å²) in [6.07, 6.45) is 3.10. The van der Waals surface area contributed by atoms with Gasteiger partial charge in [0.05, 0.1) is 4.90 Å². The minimum absolute atomic E-state index is 0.113. The monoisotopic (exact) mass is 300 g/mol. The van der Waals surface area contributed by atoms with E-state index in [-0.39, 0.29) is 4.90 Å². The molecule has 0 radical (unpaired) electrons. The van der Waals surface area contributed by atoms with Gasteiger partial charge in [-0.15, -0.1) is 0 Å². The molecule has 0 atom stereocenters. The first kappa shape index (κ1) is 15.4. The van der Waals surface area contributed by atoms with E-state index in [9.17, 15) is 12.8 Å². The normalized spacial score (nSPS) is 18.3. The predicted octanol–water partition coefficient (Wildman–Crippen LogP) is 1.84. The number of benzene rings is 1. The maximum absolute atomic E-state index is 12.8. The Kier molecular flexibility index (Phi) is 5.12. The summed E-state index contributed by atoms with van der Waals surface area (Å²) in [6.45, 7) is 2.60. The Morgan fingerprint density at radius 1 is 1.25 bits per heavy atom. The summed E-state index contributed by atoms with van der Waals surface area (Å²) >= 11 is 0. The van der Waals surface area contributed by atoms with Crippen LogP contribution >= 0.6 is 0 Å². The Bertz CT molecular complexity index is 523. The number of sulfonamides is 1. The molecular weight excluding hydrogens is 279 g/mol. The molecule has 1 aliphatic heterocycles. The average Bonchev–Trinajstić information content (AvgIpc) is 2.41. The Morgan fingerprint density at radius 3 is 2.45 bits per heavy atom. The number of nitrogens with one attached hydrogen (secondary N) is 1. The summed E-state index contributed by atoms with van der Waals surface area (Å²) in [5.41, 5.74) is 0. The Hall–Kier alpha value is -0.980. The Labute approximate surface area is 120 Å². The molecule has 2 rings (SSSR count). The summed E-state index contributed by atoms with van der Waals surface area (Å²) in [5.74, 6) is 0.150. The predicted molar refractivity (Wildman–Crippen MR) is 76.4 cm³/mol. The van der Waals surface area contributed by atoms with E-state index in [1.165, 1.54) is 12.1 Å². The zero-order chi connectivity index (χ0) is 14.6. The zero-order valence-corrected chi connectivity index (χ0v) is 12.5. The summed E-state index contributed by atoms with van der Waals surface area (Å²) in [7, 11) is -1.41. The number of halogens is 1. The van der Waals surface area contributed by atoms with Crippen LogP contribution in [0.1, 0.15) is 19.3 Å². The van der Waals surface area contributed by atoms with Crippen LogP contribution < -0.4 is 4.72 Å². The smallest absolute Gasteiger partial charge is 0.240 e. The molecular formula is C14H21FN2O2S. The van der Waals surface area contributed by atoms with Crippen molar-refractivity contribution in [2.45, 2.75) is 24.2 Å². The van der Waals surface area contributed by atoms with E-state index in [4.69, 9.17) is 0 Å². The molecule has 1 heterocycles. The van der Waals surface area contributed by atoms with Gasteiger partial charge in [-0.2, -0.15) is 0 Å². The van der Waals surface area contributed by atoms with Gasteiger partial charge in [0.25, 0.3) is 0 Å². The highest BCUT2D eigenvalue weighted by Gasteiger charge is 2.18. The van der Waals surface area contributed by atoms with Crippen molar-refractivity contribution in [1.82, 2.24) is 9.62 Å². The molecule has 0 spiro atoms. The standard InChI is InChI=1S/C14H21FN2O2S/c1-17-10-7-12(8-11-17)6-9-16-20(18,19)14-4-2-13(15)3-5-14/h2-5,12,16H,6-11H2,1H3. The summed E-state index contributed by atoms with van der Waals surface area (Å²) < 4.78 is 39.4. The van der Waals surface area contributed by atoms with E-state index in [1.807, 2.05) is 0 Å². The van der Waals surface area contributed by atoms with E-state index >= 15 is 0 Å². The third-order valence-electron chi connectivity index (χ3n) is 3.81. The summed E-state index contributed by atoms with van der Waals surface area (Å²) in [4.78, 5) is 2.40. The molecule has 112 valence electrons. The molecule has 4 nitrogen and oxygen atoms in total. The van der Waals surface area contributed by atoms with Crippen molar-refractivity contribution < 1.29 is 12.8 Å². The number of piperidine rings is 1. The molecule has 0 aromatic heterocycles. The molecule has 1 aliphatic rings. The van der Waals surface area contributed by atoms with Crippen LogP contribution in [0.3, 0.4) is 0 Å². The van der Waals surface area contributed by atoms with Crippen molar-refractivity contribution in [2.24, 2.45) is 5.92 Å². The van der Waals surface area contributed by atoms with Crippen LogP contribution in [0.4, 0.5) is 4.39 Å². The number of nitrogens with zero attached hydrogens (tertiary/aromatic N) is 1. The average molecular weight is 300 g/mol. The van der Waals surface area contributed by atoms with Gasteiger partial charge in [0.2, 0.25) is 10.0 Å². The van der Waals surface area contributed by atoms with Gasteiger partial charge >= 0.3 is 0 Å². The molecule has 0 saturated carbocycles. The minimum atomic E-state index is -3.52. The van der Waals surface area contributed by atoms with Crippen molar-refractivity contribution in [3.05, 3.63) is 30.1 Å². The maximum Gasteiger partial charge on any atom is 0.240 e. The van der Waals surface area contributed by atoms with Gasteiger partial charge in [0.1, 0.15) is 5.82 Å². The van der Waals surface area contributed by atoms with Gasteiger partial charge in [0.15, 0.2) is 0 Å². The second-order valence-corrected chi connectivity index (χ2v) is 7.15. The molecule has 1 saturated heterocycles. The topological polar surface area (TPSA) is 49.4 Å². The van der Waals surface area contributed by atoms with Gasteiger partial charge < -0.3 is 4.90 Å². The largest absolute Gasteiger partial charge is 0.306 e. The van der Waals surface area contributed by atoms with Crippen molar-refractivity contribution >= 4 is 10.0 Å². The first-order valence-electron chi connectivity index (χ1n) is 6.91. The molecule has 20 heavy (non-hydrogen) atoms. The summed E-state index contributed by atoms with van der Waals surface area (Å²) in [6, 6.07) is 4.89. The first-order valence-corrected chi connectivity index (χ1v) is 8.39. The number of rotatable bonds is 5. The fourth-order valence-corrected chi connectivity index (χ4v) is 3.49. The lowest BCUT2D eigenvalue weighted by Gasteiger charge is -2.28. The van der Waals surface area contributed by atoms with Crippen LogP contribution in [-0.4, -0.2) is 40.0 Å². The fourth-order valence-electron chi connectivity index (χ4n) is 2.45. The van der Waals surface area contributed by atoms with Gasteiger partial charge in [-0.05, 0) is 69.6 Å². The lowest BCUT2D eigenvalue weighted by molar-refractivity contribution is 0.213. The first-order chi connectivity index (χ1) is 9.47. The Balaban J connectivity index is 1.82. The second-order valence-electron chi connectivity index (χ2n) is 5.39. The number of likely N-dealkylation sites (tertiary alicyclic amines) is 1. The summed E-state index contributed by atoms with van der Waals surface area (Å²) in [5, 5.41) is 0.